The third kappa shape index (κ3) is 9.48. The fourth-order valence-corrected chi connectivity index (χ4v) is 5.23. The summed E-state index contributed by atoms with van der Waals surface area (Å²) in [6, 6.07) is 23.3. The van der Waals surface area contributed by atoms with E-state index in [1.165, 1.54) is 6.92 Å². The maximum atomic E-state index is 13.4. The highest BCUT2D eigenvalue weighted by molar-refractivity contribution is 5.91. The molecule has 236 valence electrons. The number of aliphatic carboxylic acids is 1. The van der Waals surface area contributed by atoms with Gasteiger partial charge in [0, 0.05) is 19.9 Å². The number of hydrogen-bond donors (Lipinski definition) is 2. The zero-order valence-electron chi connectivity index (χ0n) is 24.9. The number of likely N-dealkylation sites (tertiary alicyclic amines) is 1. The van der Waals surface area contributed by atoms with Crippen LogP contribution >= 0.6 is 0 Å². The fraction of sp³-hybridized carbons (Fsp3) is 0.324. The Balaban J connectivity index is 1.70. The molecule has 1 aliphatic rings. The number of nitrogens with one attached hydrogen (secondary N) is 1. The molecule has 1 amide bonds. The predicted octanol–water partition coefficient (Wildman–Crippen LogP) is 3.74. The number of unbranched alkanes of at least 4 members (excludes halogenated alkanes) is 1. The molecule has 2 N–H and O–H groups in total. The Bertz CT molecular complexity index is 1450. The molecule has 0 spiro atoms. The SMILES string of the molecule is CC(=O)NC1CN(CCCCC(=O)O)C(COC(=O)c2ccccc2)[C@H](OC(=O)c2ccccc2)C1OC(=O)c1ccccc1. The lowest BCUT2D eigenvalue weighted by molar-refractivity contribution is -0.137. The van der Waals surface area contributed by atoms with Gasteiger partial charge in [-0.2, -0.15) is 0 Å². The van der Waals surface area contributed by atoms with E-state index in [-0.39, 0.29) is 30.7 Å². The topological polar surface area (TPSA) is 149 Å². The quantitative estimate of drug-likeness (QED) is 0.165. The molecule has 0 bridgehead atoms. The van der Waals surface area contributed by atoms with E-state index in [2.05, 4.69) is 5.32 Å². The van der Waals surface area contributed by atoms with Crippen LogP contribution in [0, 0.1) is 0 Å². The van der Waals surface area contributed by atoms with E-state index in [0.29, 0.717) is 24.9 Å². The molecule has 1 heterocycles. The number of ether oxygens (including phenoxy) is 3. The number of rotatable bonds is 13. The van der Waals surface area contributed by atoms with E-state index in [4.69, 9.17) is 19.3 Å². The Kier molecular flexibility index (Phi) is 11.8. The summed E-state index contributed by atoms with van der Waals surface area (Å²) in [5.41, 5.74) is 0.831. The van der Waals surface area contributed by atoms with E-state index < -0.39 is 54.1 Å². The maximum Gasteiger partial charge on any atom is 0.338 e. The molecule has 0 saturated carbocycles. The first-order chi connectivity index (χ1) is 21.7. The Hall–Kier alpha value is -5.03. The lowest BCUT2D eigenvalue weighted by Gasteiger charge is -2.47. The van der Waals surface area contributed by atoms with Gasteiger partial charge in [0.2, 0.25) is 5.91 Å². The van der Waals surface area contributed by atoms with Crippen molar-refractivity contribution in [3.05, 3.63) is 108 Å². The average molecular weight is 617 g/mol. The normalized spacial score (nSPS) is 19.6. The maximum absolute atomic E-state index is 13.4. The summed E-state index contributed by atoms with van der Waals surface area (Å²) in [5, 5.41) is 12.0. The number of hydrogen-bond acceptors (Lipinski definition) is 9. The minimum absolute atomic E-state index is 0.0413. The second-order valence-corrected chi connectivity index (χ2v) is 10.7. The second-order valence-electron chi connectivity index (χ2n) is 10.7. The number of esters is 3. The number of carboxylic acid groups (broad SMARTS) is 1. The molecule has 0 radical (unpaired) electrons. The molecule has 45 heavy (non-hydrogen) atoms. The van der Waals surface area contributed by atoms with Gasteiger partial charge in [-0.25, -0.2) is 14.4 Å². The van der Waals surface area contributed by atoms with Crippen LogP contribution in [0.4, 0.5) is 0 Å². The first-order valence-electron chi connectivity index (χ1n) is 14.7. The third-order valence-electron chi connectivity index (χ3n) is 7.37. The summed E-state index contributed by atoms with van der Waals surface area (Å²) >= 11 is 0. The third-order valence-corrected chi connectivity index (χ3v) is 7.37. The predicted molar refractivity (Wildman–Crippen MR) is 162 cm³/mol. The van der Waals surface area contributed by atoms with Gasteiger partial charge in [0.1, 0.15) is 6.61 Å². The molecule has 11 nitrogen and oxygen atoms in total. The van der Waals surface area contributed by atoms with Crippen LogP contribution < -0.4 is 5.32 Å². The highest BCUT2D eigenvalue weighted by Crippen LogP contribution is 2.28. The minimum atomic E-state index is -1.20. The number of carbonyl (C=O) groups excluding carboxylic acids is 4. The van der Waals surface area contributed by atoms with Gasteiger partial charge in [0.05, 0.1) is 28.8 Å². The summed E-state index contributed by atoms with van der Waals surface area (Å²) in [7, 11) is 0. The van der Waals surface area contributed by atoms with E-state index in [1.807, 2.05) is 4.90 Å². The molecule has 3 aromatic rings. The molecule has 0 aliphatic carbocycles. The molecule has 11 heteroatoms. The van der Waals surface area contributed by atoms with Crippen molar-refractivity contribution in [1.82, 2.24) is 10.2 Å². The summed E-state index contributed by atoms with van der Waals surface area (Å²) in [6.07, 6.45) is -1.58. The fourth-order valence-electron chi connectivity index (χ4n) is 5.23. The first-order valence-corrected chi connectivity index (χ1v) is 14.7. The number of nitrogens with zero attached hydrogens (tertiary/aromatic N) is 1. The monoisotopic (exact) mass is 616 g/mol. The smallest absolute Gasteiger partial charge is 0.338 e. The molecule has 4 rings (SSSR count). The molecule has 1 fully saturated rings. The molecule has 3 unspecified atom stereocenters. The van der Waals surface area contributed by atoms with Crippen LogP contribution in [0.2, 0.25) is 0 Å². The van der Waals surface area contributed by atoms with Gasteiger partial charge >= 0.3 is 23.9 Å². The Labute approximate surface area is 261 Å². The van der Waals surface area contributed by atoms with Crippen molar-refractivity contribution in [3.63, 3.8) is 0 Å². The van der Waals surface area contributed by atoms with Gasteiger partial charge in [0.25, 0.3) is 0 Å². The lowest BCUT2D eigenvalue weighted by Crippen LogP contribution is -2.68. The van der Waals surface area contributed by atoms with Crippen molar-refractivity contribution >= 4 is 29.8 Å². The van der Waals surface area contributed by atoms with Crippen LogP contribution in [-0.2, 0) is 23.8 Å². The van der Waals surface area contributed by atoms with Crippen LogP contribution in [-0.4, -0.2) is 83.8 Å². The first kappa shape index (κ1) is 32.9. The summed E-state index contributed by atoms with van der Waals surface area (Å²) in [4.78, 5) is 65.1. The van der Waals surface area contributed by atoms with Crippen LogP contribution in [0.15, 0.2) is 91.0 Å². The lowest BCUT2D eigenvalue weighted by atomic mass is 9.91. The number of amides is 1. The Morgan fingerprint density at radius 3 is 1.71 bits per heavy atom. The van der Waals surface area contributed by atoms with E-state index in [9.17, 15) is 24.0 Å². The Morgan fingerprint density at radius 1 is 0.733 bits per heavy atom. The summed E-state index contributed by atoms with van der Waals surface area (Å²) in [6.45, 7) is 1.56. The molecule has 4 atom stereocenters. The molecule has 3 aromatic carbocycles. The van der Waals surface area contributed by atoms with E-state index >= 15 is 0 Å². The van der Waals surface area contributed by atoms with Crippen molar-refractivity contribution in [1.29, 1.82) is 0 Å². The Morgan fingerprint density at radius 2 is 1.22 bits per heavy atom. The van der Waals surface area contributed by atoms with Gasteiger partial charge in [-0.05, 0) is 55.8 Å². The van der Waals surface area contributed by atoms with Crippen molar-refractivity contribution in [2.75, 3.05) is 19.7 Å². The zero-order chi connectivity index (χ0) is 32.2. The molecule has 1 saturated heterocycles. The molecule has 0 aromatic heterocycles. The zero-order valence-corrected chi connectivity index (χ0v) is 24.9. The number of benzene rings is 3. The number of carboxylic acids is 1. The second kappa shape index (κ2) is 16.2. The van der Waals surface area contributed by atoms with Gasteiger partial charge < -0.3 is 24.6 Å². The molecular weight excluding hydrogens is 580 g/mol. The standard InChI is InChI=1S/C34H36N2O9/c1-23(37)35-27-21-36(20-12-11-19-29(38)39)28(22-43-32(40)24-13-5-2-6-14-24)31(45-34(42)26-17-9-4-10-18-26)30(27)44-33(41)25-15-7-3-8-16-25/h2-10,13-18,27-28,30-31H,11-12,19-22H2,1H3,(H,35,37)(H,38,39)/t27?,28?,30?,31-/m0/s1. The van der Waals surface area contributed by atoms with E-state index in [0.717, 1.165) is 0 Å². The highest BCUT2D eigenvalue weighted by Gasteiger charge is 2.49. The van der Waals surface area contributed by atoms with Crippen LogP contribution in [0.1, 0.15) is 57.3 Å². The largest absolute Gasteiger partial charge is 0.481 e. The highest BCUT2D eigenvalue weighted by atomic mass is 16.6. The van der Waals surface area contributed by atoms with Crippen molar-refractivity contribution in [2.45, 2.75) is 50.5 Å². The minimum Gasteiger partial charge on any atom is -0.481 e. The van der Waals surface area contributed by atoms with Crippen molar-refractivity contribution in [3.8, 4) is 0 Å². The number of carbonyl (C=O) groups is 5. The molecule has 1 aliphatic heterocycles. The van der Waals surface area contributed by atoms with Gasteiger partial charge in [-0.15, -0.1) is 0 Å². The van der Waals surface area contributed by atoms with Crippen molar-refractivity contribution in [2.24, 2.45) is 0 Å². The van der Waals surface area contributed by atoms with Gasteiger partial charge in [-0.3, -0.25) is 14.5 Å². The number of piperidine rings is 1. The van der Waals surface area contributed by atoms with Gasteiger partial charge in [0.15, 0.2) is 12.2 Å². The summed E-state index contributed by atoms with van der Waals surface area (Å²) in [5.74, 6) is -3.31. The summed E-state index contributed by atoms with van der Waals surface area (Å²) < 4.78 is 17.8. The van der Waals surface area contributed by atoms with Crippen molar-refractivity contribution < 1.29 is 43.3 Å². The molecular formula is C34H36N2O9. The van der Waals surface area contributed by atoms with E-state index in [1.54, 1.807) is 91.0 Å². The van der Waals surface area contributed by atoms with Gasteiger partial charge in [-0.1, -0.05) is 54.6 Å². The average Bonchev–Trinajstić information content (AvgIpc) is 3.04. The van der Waals surface area contributed by atoms with Crippen LogP contribution in [0.3, 0.4) is 0 Å². The van der Waals surface area contributed by atoms with Crippen LogP contribution in [0.5, 0.6) is 0 Å². The van der Waals surface area contributed by atoms with Crippen LogP contribution in [0.25, 0.3) is 0 Å².